The Bertz CT molecular complexity index is 307. The molecule has 0 radical (unpaired) electrons. The lowest BCUT2D eigenvalue weighted by Gasteiger charge is -2.08. The summed E-state index contributed by atoms with van der Waals surface area (Å²) < 4.78 is 13.8. The molecule has 0 saturated heterocycles. The molecule has 1 aromatic rings. The standard InChI is InChI=1S/C11H15BrFNS/c1-2-15-7-3-6-14-11-8-9(13)4-5-10(11)12/h4-5,8,14H,2-3,6-7H2,1H3. The Morgan fingerprint density at radius 3 is 3.00 bits per heavy atom. The zero-order valence-electron chi connectivity index (χ0n) is 8.72. The normalized spacial score (nSPS) is 10.3. The Hall–Kier alpha value is -0.220. The number of hydrogen-bond acceptors (Lipinski definition) is 2. The van der Waals surface area contributed by atoms with Gasteiger partial charge in [-0.3, -0.25) is 0 Å². The van der Waals surface area contributed by atoms with Gasteiger partial charge in [-0.1, -0.05) is 6.92 Å². The molecular weight excluding hydrogens is 277 g/mol. The van der Waals surface area contributed by atoms with Crippen molar-refractivity contribution in [2.24, 2.45) is 0 Å². The minimum atomic E-state index is -0.205. The topological polar surface area (TPSA) is 12.0 Å². The van der Waals surface area contributed by atoms with Crippen molar-refractivity contribution in [2.45, 2.75) is 13.3 Å². The van der Waals surface area contributed by atoms with Gasteiger partial charge in [-0.05, 0) is 52.1 Å². The van der Waals surface area contributed by atoms with Gasteiger partial charge in [0.15, 0.2) is 0 Å². The molecule has 0 amide bonds. The summed E-state index contributed by atoms with van der Waals surface area (Å²) in [5, 5.41) is 3.21. The fraction of sp³-hybridized carbons (Fsp3) is 0.455. The minimum absolute atomic E-state index is 0.205. The van der Waals surface area contributed by atoms with E-state index in [0.29, 0.717) is 0 Å². The van der Waals surface area contributed by atoms with Crippen molar-refractivity contribution in [3.8, 4) is 0 Å². The van der Waals surface area contributed by atoms with Crippen LogP contribution in [0.1, 0.15) is 13.3 Å². The second kappa shape index (κ2) is 7.12. The first-order chi connectivity index (χ1) is 7.24. The first-order valence-corrected chi connectivity index (χ1v) is 6.95. The summed E-state index contributed by atoms with van der Waals surface area (Å²) in [5.41, 5.74) is 0.830. The lowest BCUT2D eigenvalue weighted by atomic mass is 10.3. The molecule has 0 aliphatic heterocycles. The summed E-state index contributed by atoms with van der Waals surface area (Å²) in [6.07, 6.45) is 1.10. The second-order valence-electron chi connectivity index (χ2n) is 3.10. The average molecular weight is 292 g/mol. The molecule has 4 heteroatoms. The lowest BCUT2D eigenvalue weighted by molar-refractivity contribution is 0.628. The molecule has 0 fully saturated rings. The summed E-state index contributed by atoms with van der Waals surface area (Å²) in [5.74, 6) is 2.10. The van der Waals surface area contributed by atoms with Crippen molar-refractivity contribution in [3.05, 3.63) is 28.5 Å². The SMILES string of the molecule is CCSCCCNc1cc(F)ccc1Br. The Morgan fingerprint density at radius 1 is 1.47 bits per heavy atom. The monoisotopic (exact) mass is 291 g/mol. The molecule has 0 heterocycles. The third-order valence-corrected chi connectivity index (χ3v) is 3.59. The second-order valence-corrected chi connectivity index (χ2v) is 5.35. The molecule has 0 unspecified atom stereocenters. The predicted octanol–water partition coefficient (Wildman–Crippen LogP) is 4.14. The summed E-state index contributed by atoms with van der Waals surface area (Å²) in [4.78, 5) is 0. The number of nitrogens with one attached hydrogen (secondary N) is 1. The summed E-state index contributed by atoms with van der Waals surface area (Å²) in [6, 6.07) is 4.68. The number of rotatable bonds is 6. The quantitative estimate of drug-likeness (QED) is 0.791. The smallest absolute Gasteiger partial charge is 0.125 e. The highest BCUT2D eigenvalue weighted by Crippen LogP contribution is 2.22. The molecule has 15 heavy (non-hydrogen) atoms. The third-order valence-electron chi connectivity index (χ3n) is 1.91. The van der Waals surface area contributed by atoms with E-state index in [1.165, 1.54) is 12.1 Å². The van der Waals surface area contributed by atoms with Crippen LogP contribution in [0.25, 0.3) is 0 Å². The Balaban J connectivity index is 2.33. The van der Waals surface area contributed by atoms with E-state index < -0.39 is 0 Å². The third kappa shape index (κ3) is 4.89. The van der Waals surface area contributed by atoms with Gasteiger partial charge >= 0.3 is 0 Å². The Morgan fingerprint density at radius 2 is 2.27 bits per heavy atom. The molecular formula is C11H15BrFNS. The number of hydrogen-bond donors (Lipinski definition) is 1. The lowest BCUT2D eigenvalue weighted by Crippen LogP contribution is -2.03. The molecule has 1 nitrogen and oxygen atoms in total. The van der Waals surface area contributed by atoms with Crippen molar-refractivity contribution >= 4 is 33.4 Å². The molecule has 84 valence electrons. The Labute approximate surface area is 103 Å². The first kappa shape index (κ1) is 12.8. The molecule has 0 aliphatic rings. The zero-order valence-corrected chi connectivity index (χ0v) is 11.1. The van der Waals surface area contributed by atoms with Crippen LogP contribution in [0.15, 0.2) is 22.7 Å². The van der Waals surface area contributed by atoms with Crippen LogP contribution in [0.4, 0.5) is 10.1 Å². The zero-order chi connectivity index (χ0) is 11.1. The molecule has 0 atom stereocenters. The van der Waals surface area contributed by atoms with E-state index >= 15 is 0 Å². The maximum absolute atomic E-state index is 12.9. The van der Waals surface area contributed by atoms with Crippen LogP contribution in [0.3, 0.4) is 0 Å². The molecule has 0 aromatic heterocycles. The summed E-state index contributed by atoms with van der Waals surface area (Å²) in [7, 11) is 0. The van der Waals surface area contributed by atoms with Crippen molar-refractivity contribution < 1.29 is 4.39 Å². The highest BCUT2D eigenvalue weighted by Gasteiger charge is 2.00. The average Bonchev–Trinajstić information content (AvgIpc) is 2.23. The van der Waals surface area contributed by atoms with Crippen LogP contribution >= 0.6 is 27.7 Å². The molecule has 1 rings (SSSR count). The first-order valence-electron chi connectivity index (χ1n) is 5.00. The van der Waals surface area contributed by atoms with Crippen LogP contribution in [0.2, 0.25) is 0 Å². The van der Waals surface area contributed by atoms with E-state index in [2.05, 4.69) is 28.2 Å². The summed E-state index contributed by atoms with van der Waals surface area (Å²) >= 11 is 5.30. The fourth-order valence-electron chi connectivity index (χ4n) is 1.17. The summed E-state index contributed by atoms with van der Waals surface area (Å²) in [6.45, 7) is 3.04. The van der Waals surface area contributed by atoms with Crippen LogP contribution in [0, 0.1) is 5.82 Å². The fourth-order valence-corrected chi connectivity index (χ4v) is 2.20. The van der Waals surface area contributed by atoms with Gasteiger partial charge in [-0.2, -0.15) is 11.8 Å². The number of benzene rings is 1. The van der Waals surface area contributed by atoms with Gasteiger partial charge in [-0.15, -0.1) is 0 Å². The van der Waals surface area contributed by atoms with Gasteiger partial charge in [0.25, 0.3) is 0 Å². The van der Waals surface area contributed by atoms with Crippen LogP contribution in [-0.4, -0.2) is 18.1 Å². The van der Waals surface area contributed by atoms with E-state index in [0.717, 1.165) is 34.6 Å². The van der Waals surface area contributed by atoms with Crippen molar-refractivity contribution in [2.75, 3.05) is 23.4 Å². The van der Waals surface area contributed by atoms with Gasteiger partial charge in [0, 0.05) is 11.0 Å². The predicted molar refractivity (Wildman–Crippen MR) is 70.2 cm³/mol. The molecule has 0 aliphatic carbocycles. The molecule has 0 bridgehead atoms. The van der Waals surface area contributed by atoms with Gasteiger partial charge in [0.1, 0.15) is 5.82 Å². The number of halogens is 2. The Kier molecular flexibility index (Phi) is 6.10. The highest BCUT2D eigenvalue weighted by atomic mass is 79.9. The van der Waals surface area contributed by atoms with Crippen molar-refractivity contribution in [1.29, 1.82) is 0 Å². The maximum Gasteiger partial charge on any atom is 0.125 e. The van der Waals surface area contributed by atoms with E-state index in [4.69, 9.17) is 0 Å². The van der Waals surface area contributed by atoms with Gasteiger partial charge < -0.3 is 5.32 Å². The van der Waals surface area contributed by atoms with Crippen LogP contribution in [0.5, 0.6) is 0 Å². The van der Waals surface area contributed by atoms with E-state index in [1.807, 2.05) is 11.8 Å². The molecule has 0 spiro atoms. The van der Waals surface area contributed by atoms with E-state index in [-0.39, 0.29) is 5.82 Å². The number of anilines is 1. The van der Waals surface area contributed by atoms with Gasteiger partial charge in [-0.25, -0.2) is 4.39 Å². The molecule has 1 aromatic carbocycles. The maximum atomic E-state index is 12.9. The van der Waals surface area contributed by atoms with E-state index in [1.54, 1.807) is 6.07 Å². The largest absolute Gasteiger partial charge is 0.384 e. The van der Waals surface area contributed by atoms with Gasteiger partial charge in [0.2, 0.25) is 0 Å². The van der Waals surface area contributed by atoms with Crippen LogP contribution < -0.4 is 5.32 Å². The minimum Gasteiger partial charge on any atom is -0.384 e. The molecule has 0 saturated carbocycles. The highest BCUT2D eigenvalue weighted by molar-refractivity contribution is 9.10. The van der Waals surface area contributed by atoms with Crippen molar-refractivity contribution in [1.82, 2.24) is 0 Å². The van der Waals surface area contributed by atoms with Crippen molar-refractivity contribution in [3.63, 3.8) is 0 Å². The molecule has 1 N–H and O–H groups in total. The number of thioether (sulfide) groups is 1. The van der Waals surface area contributed by atoms with E-state index in [9.17, 15) is 4.39 Å². The van der Waals surface area contributed by atoms with Crippen LogP contribution in [-0.2, 0) is 0 Å². The van der Waals surface area contributed by atoms with Gasteiger partial charge in [0.05, 0.1) is 5.69 Å².